The van der Waals surface area contributed by atoms with Crippen molar-refractivity contribution in [3.63, 3.8) is 0 Å². The summed E-state index contributed by atoms with van der Waals surface area (Å²) in [5.41, 5.74) is 0.356. The fourth-order valence-electron chi connectivity index (χ4n) is 7.45. The number of rotatable bonds is 4. The lowest BCUT2D eigenvalue weighted by molar-refractivity contribution is 0.107. The number of hydrogen-bond acceptors (Lipinski definition) is 9. The standard InChI is InChI=1S/C33H31F2N5O4/c1-2-19-6-3-7-20-12-23(41)13-24(25(19)20)28-27(35)29-26-30(40-10-5-11-42-16-22(40)17-43-31(26)36-28)38-32(37-29)44-18-33-8-4-9-39(33)15-21(34)14-33/h1,3,6-7,12-13,21-22,41H,4-5,8-11,14-18H2/t21-,22?,33+/m1/s1. The van der Waals surface area contributed by atoms with E-state index >= 15 is 4.39 Å². The Bertz CT molecular complexity index is 1850. The first kappa shape index (κ1) is 27.3. The summed E-state index contributed by atoms with van der Waals surface area (Å²) in [6, 6.07) is 8.19. The minimum absolute atomic E-state index is 0.00827. The first-order chi connectivity index (χ1) is 21.4. The summed E-state index contributed by atoms with van der Waals surface area (Å²) < 4.78 is 49.7. The highest BCUT2D eigenvalue weighted by Gasteiger charge is 2.49. The molecule has 0 aliphatic carbocycles. The van der Waals surface area contributed by atoms with Gasteiger partial charge in [0, 0.05) is 42.6 Å². The quantitative estimate of drug-likeness (QED) is 0.338. The summed E-state index contributed by atoms with van der Waals surface area (Å²) in [4.78, 5) is 18.3. The molecular weight excluding hydrogens is 568 g/mol. The number of phenolic OH excluding ortho intramolecular Hbond substituents is 1. The number of halogens is 2. The Morgan fingerprint density at radius 3 is 2.93 bits per heavy atom. The zero-order chi connectivity index (χ0) is 30.0. The number of alkyl halides is 1. The third kappa shape index (κ3) is 4.31. The predicted octanol–water partition coefficient (Wildman–Crippen LogP) is 4.61. The molecule has 1 unspecified atom stereocenters. The van der Waals surface area contributed by atoms with Gasteiger partial charge in [0.05, 0.1) is 18.2 Å². The van der Waals surface area contributed by atoms with Gasteiger partial charge in [0.25, 0.3) is 0 Å². The number of aromatic nitrogens is 3. The number of hydrogen-bond donors (Lipinski definition) is 1. The zero-order valence-electron chi connectivity index (χ0n) is 24.1. The monoisotopic (exact) mass is 599 g/mol. The molecule has 8 rings (SSSR count). The summed E-state index contributed by atoms with van der Waals surface area (Å²) in [6.45, 7) is 3.28. The van der Waals surface area contributed by atoms with Gasteiger partial charge < -0.3 is 24.2 Å². The van der Waals surface area contributed by atoms with Crippen LogP contribution in [0.3, 0.4) is 0 Å². The molecule has 44 heavy (non-hydrogen) atoms. The van der Waals surface area contributed by atoms with Crippen molar-refractivity contribution in [3.05, 3.63) is 41.7 Å². The number of fused-ring (bicyclic) bond motifs is 4. The molecule has 0 amide bonds. The van der Waals surface area contributed by atoms with Crippen LogP contribution in [0.1, 0.15) is 31.2 Å². The van der Waals surface area contributed by atoms with Gasteiger partial charge in [-0.05, 0) is 49.4 Å². The molecular formula is C33H31F2N5O4. The van der Waals surface area contributed by atoms with E-state index in [4.69, 9.17) is 25.6 Å². The fraction of sp³-hybridized carbons (Fsp3) is 0.424. The molecule has 1 N–H and O–H groups in total. The lowest BCUT2D eigenvalue weighted by Gasteiger charge is -2.31. The highest BCUT2D eigenvalue weighted by atomic mass is 19.1. The molecule has 0 radical (unpaired) electrons. The van der Waals surface area contributed by atoms with Crippen LogP contribution in [-0.4, -0.2) is 88.8 Å². The van der Waals surface area contributed by atoms with E-state index in [0.717, 1.165) is 25.8 Å². The van der Waals surface area contributed by atoms with Crippen molar-refractivity contribution < 1.29 is 28.1 Å². The number of ether oxygens (including phenoxy) is 3. The molecule has 0 saturated carbocycles. The predicted molar refractivity (Wildman–Crippen MR) is 160 cm³/mol. The van der Waals surface area contributed by atoms with Crippen LogP contribution in [-0.2, 0) is 4.74 Å². The summed E-state index contributed by atoms with van der Waals surface area (Å²) in [5.74, 6) is 2.54. The van der Waals surface area contributed by atoms with Crippen molar-refractivity contribution in [2.24, 2.45) is 0 Å². The smallest absolute Gasteiger partial charge is 0.319 e. The fourth-order valence-corrected chi connectivity index (χ4v) is 7.45. The summed E-state index contributed by atoms with van der Waals surface area (Å²) in [7, 11) is 0. The maximum absolute atomic E-state index is 16.9. The molecule has 4 aliphatic heterocycles. The number of phenols is 1. The first-order valence-corrected chi connectivity index (χ1v) is 15.1. The highest BCUT2D eigenvalue weighted by Crippen LogP contribution is 2.44. The average Bonchev–Trinajstić information content (AvgIpc) is 3.37. The molecule has 6 heterocycles. The van der Waals surface area contributed by atoms with Crippen molar-refractivity contribution >= 4 is 27.5 Å². The molecule has 11 heteroatoms. The van der Waals surface area contributed by atoms with Crippen molar-refractivity contribution in [1.29, 1.82) is 0 Å². The van der Waals surface area contributed by atoms with Gasteiger partial charge in [-0.1, -0.05) is 18.1 Å². The topological polar surface area (TPSA) is 93.1 Å². The third-order valence-corrected chi connectivity index (χ3v) is 9.44. The third-order valence-electron chi connectivity index (χ3n) is 9.44. The van der Waals surface area contributed by atoms with Gasteiger partial charge in [-0.3, -0.25) is 4.90 Å². The van der Waals surface area contributed by atoms with Gasteiger partial charge in [0.1, 0.15) is 47.5 Å². The molecule has 4 aromatic rings. The zero-order valence-corrected chi connectivity index (χ0v) is 24.1. The maximum atomic E-state index is 16.9. The number of terminal acetylenes is 1. The van der Waals surface area contributed by atoms with Crippen LogP contribution in [0.15, 0.2) is 30.3 Å². The molecule has 3 saturated heterocycles. The van der Waals surface area contributed by atoms with Crippen molar-refractivity contribution in [1.82, 2.24) is 19.9 Å². The Balaban J connectivity index is 1.32. The van der Waals surface area contributed by atoms with E-state index in [1.165, 1.54) is 6.07 Å². The van der Waals surface area contributed by atoms with E-state index in [2.05, 4.69) is 25.7 Å². The largest absolute Gasteiger partial charge is 0.508 e. The van der Waals surface area contributed by atoms with E-state index in [-0.39, 0.29) is 48.1 Å². The second-order valence-electron chi connectivity index (χ2n) is 12.1. The number of aromatic hydroxyl groups is 1. The Morgan fingerprint density at radius 2 is 2.05 bits per heavy atom. The van der Waals surface area contributed by atoms with E-state index in [9.17, 15) is 9.50 Å². The second-order valence-corrected chi connectivity index (χ2v) is 12.1. The van der Waals surface area contributed by atoms with Crippen LogP contribution in [0, 0.1) is 18.2 Å². The van der Waals surface area contributed by atoms with Crippen LogP contribution in [0.2, 0.25) is 0 Å². The minimum atomic E-state index is -0.908. The maximum Gasteiger partial charge on any atom is 0.319 e. The number of pyridine rings is 1. The SMILES string of the molecule is C#Cc1cccc2cc(O)cc(-c3nc4c5c(nc(OC[C@@]67CCCN6C[C@H](F)C7)nc5c3F)N3CCCOCC3CO4)c12. The lowest BCUT2D eigenvalue weighted by Crippen LogP contribution is -2.43. The van der Waals surface area contributed by atoms with Gasteiger partial charge in [-0.25, -0.2) is 13.8 Å². The molecule has 9 nitrogen and oxygen atoms in total. The van der Waals surface area contributed by atoms with Gasteiger partial charge >= 0.3 is 6.01 Å². The Morgan fingerprint density at radius 1 is 1.14 bits per heavy atom. The number of anilines is 1. The molecule has 3 atom stereocenters. The second kappa shape index (κ2) is 10.4. The Kier molecular flexibility index (Phi) is 6.46. The number of benzene rings is 2. The number of nitrogens with zero attached hydrogens (tertiary/aromatic N) is 5. The molecule has 226 valence electrons. The van der Waals surface area contributed by atoms with E-state index < -0.39 is 17.5 Å². The molecule has 4 aliphatic rings. The molecule has 2 aromatic heterocycles. The Labute approximate surface area is 252 Å². The average molecular weight is 600 g/mol. The molecule has 2 aromatic carbocycles. The highest BCUT2D eigenvalue weighted by molar-refractivity contribution is 6.04. The Hall–Kier alpha value is -4.27. The van der Waals surface area contributed by atoms with Crippen molar-refractivity contribution in [3.8, 4) is 41.2 Å². The van der Waals surface area contributed by atoms with Gasteiger partial charge in [-0.2, -0.15) is 9.97 Å². The van der Waals surface area contributed by atoms with Crippen molar-refractivity contribution in [2.75, 3.05) is 51.0 Å². The van der Waals surface area contributed by atoms with Crippen molar-refractivity contribution in [2.45, 2.75) is 43.4 Å². The van der Waals surface area contributed by atoms with E-state index in [1.54, 1.807) is 24.3 Å². The van der Waals surface area contributed by atoms with Crippen LogP contribution < -0.4 is 14.4 Å². The molecule has 0 bridgehead atoms. The summed E-state index contributed by atoms with van der Waals surface area (Å²) in [5, 5.41) is 12.2. The van der Waals surface area contributed by atoms with Crippen LogP contribution in [0.5, 0.6) is 17.6 Å². The van der Waals surface area contributed by atoms with Gasteiger partial charge in [-0.15, -0.1) is 6.42 Å². The van der Waals surface area contributed by atoms with Crippen LogP contribution in [0.4, 0.5) is 14.6 Å². The van der Waals surface area contributed by atoms with Gasteiger partial charge in [0.2, 0.25) is 5.88 Å². The first-order valence-electron chi connectivity index (χ1n) is 15.1. The van der Waals surface area contributed by atoms with Crippen LogP contribution in [0.25, 0.3) is 32.9 Å². The lowest BCUT2D eigenvalue weighted by atomic mass is 9.95. The van der Waals surface area contributed by atoms with Gasteiger partial charge in [0.15, 0.2) is 5.82 Å². The minimum Gasteiger partial charge on any atom is -0.508 e. The van der Waals surface area contributed by atoms with Crippen LogP contribution >= 0.6 is 0 Å². The normalized spacial score (nSPS) is 24.8. The molecule has 3 fully saturated rings. The van der Waals surface area contributed by atoms with E-state index in [0.29, 0.717) is 65.8 Å². The summed E-state index contributed by atoms with van der Waals surface area (Å²) in [6.07, 6.45) is 7.86. The summed E-state index contributed by atoms with van der Waals surface area (Å²) >= 11 is 0. The van der Waals surface area contributed by atoms with E-state index in [1.807, 2.05) is 0 Å². The molecule has 0 spiro atoms.